The zero-order valence-electron chi connectivity index (χ0n) is 14.4. The Morgan fingerprint density at radius 3 is 2.15 bits per heavy atom. The van der Waals surface area contributed by atoms with Crippen molar-refractivity contribution in [1.29, 1.82) is 0 Å². The molecule has 0 radical (unpaired) electrons. The third kappa shape index (κ3) is 5.33. The molecule has 3 rings (SSSR count). The normalized spacial score (nSPS) is 10.1. The summed E-state index contributed by atoms with van der Waals surface area (Å²) in [5.74, 6) is -0.560. The molecule has 5 nitrogen and oxygen atoms in total. The lowest BCUT2D eigenvalue weighted by atomic mass is 10.1. The Labute approximate surface area is 162 Å². The molecule has 0 saturated heterocycles. The highest BCUT2D eigenvalue weighted by molar-refractivity contribution is 6.30. The molecule has 27 heavy (non-hydrogen) atoms. The number of amides is 2. The number of anilines is 3. The summed E-state index contributed by atoms with van der Waals surface area (Å²) in [7, 11) is 0. The summed E-state index contributed by atoms with van der Waals surface area (Å²) in [6.45, 7) is 0.0944. The predicted molar refractivity (Wildman–Crippen MR) is 109 cm³/mol. The number of hydrogen-bond donors (Lipinski definition) is 3. The van der Waals surface area contributed by atoms with E-state index in [2.05, 4.69) is 16.0 Å². The van der Waals surface area contributed by atoms with Crippen LogP contribution >= 0.6 is 11.6 Å². The van der Waals surface area contributed by atoms with E-state index in [1.54, 1.807) is 48.5 Å². The number of carbonyl (C=O) groups excluding carboxylic acids is 2. The summed E-state index contributed by atoms with van der Waals surface area (Å²) in [5, 5.41) is 9.19. The van der Waals surface area contributed by atoms with E-state index in [0.29, 0.717) is 22.0 Å². The number of para-hydroxylation sites is 2. The highest BCUT2D eigenvalue weighted by Crippen LogP contribution is 2.19. The molecule has 0 atom stereocenters. The van der Waals surface area contributed by atoms with Gasteiger partial charge in [0.15, 0.2) is 0 Å². The molecule has 0 aliphatic carbocycles. The summed E-state index contributed by atoms with van der Waals surface area (Å²) in [5.41, 5.74) is 2.29. The van der Waals surface area contributed by atoms with Gasteiger partial charge in [0.05, 0.1) is 17.8 Å². The van der Waals surface area contributed by atoms with Crippen LogP contribution in [0.2, 0.25) is 5.02 Å². The Bertz CT molecular complexity index is 928. The fourth-order valence-corrected chi connectivity index (χ4v) is 2.58. The molecule has 0 bridgehead atoms. The minimum atomic E-state index is -0.316. The predicted octanol–water partition coefficient (Wildman–Crippen LogP) is 4.64. The van der Waals surface area contributed by atoms with E-state index in [0.717, 1.165) is 5.69 Å². The maximum Gasteiger partial charge on any atom is 0.257 e. The second-order valence-corrected chi connectivity index (χ2v) is 6.21. The molecule has 3 aromatic rings. The van der Waals surface area contributed by atoms with Gasteiger partial charge in [-0.15, -0.1) is 0 Å². The van der Waals surface area contributed by atoms with E-state index in [1.165, 1.54) is 0 Å². The molecule has 0 saturated carbocycles. The Morgan fingerprint density at radius 1 is 0.741 bits per heavy atom. The smallest absolute Gasteiger partial charge is 0.257 e. The van der Waals surface area contributed by atoms with Crippen LogP contribution in [0.4, 0.5) is 17.1 Å². The van der Waals surface area contributed by atoms with Crippen molar-refractivity contribution in [2.45, 2.75) is 0 Å². The second-order valence-electron chi connectivity index (χ2n) is 5.77. The summed E-state index contributed by atoms with van der Waals surface area (Å²) in [6.07, 6.45) is 0. The number of rotatable bonds is 6. The molecular weight excluding hydrogens is 362 g/mol. The molecule has 0 aliphatic heterocycles. The molecule has 0 unspecified atom stereocenters. The van der Waals surface area contributed by atoms with Crippen molar-refractivity contribution < 1.29 is 9.59 Å². The van der Waals surface area contributed by atoms with Crippen LogP contribution in [-0.4, -0.2) is 18.4 Å². The van der Waals surface area contributed by atoms with Crippen LogP contribution < -0.4 is 16.0 Å². The SMILES string of the molecule is O=C(CNc1ccccc1)Nc1ccccc1C(=O)Nc1ccc(Cl)cc1. The largest absolute Gasteiger partial charge is 0.376 e. The molecule has 0 heterocycles. The Hall–Kier alpha value is -3.31. The molecule has 0 aliphatic rings. The number of carbonyl (C=O) groups is 2. The molecular formula is C21H18ClN3O2. The highest BCUT2D eigenvalue weighted by Gasteiger charge is 2.13. The van der Waals surface area contributed by atoms with Crippen LogP contribution in [0.25, 0.3) is 0 Å². The lowest BCUT2D eigenvalue weighted by molar-refractivity contribution is -0.114. The van der Waals surface area contributed by atoms with Crippen molar-refractivity contribution in [1.82, 2.24) is 0 Å². The third-order valence-corrected chi connectivity index (χ3v) is 4.03. The molecule has 0 spiro atoms. The van der Waals surface area contributed by atoms with Gasteiger partial charge in [0, 0.05) is 16.4 Å². The van der Waals surface area contributed by atoms with Gasteiger partial charge in [-0.25, -0.2) is 0 Å². The van der Waals surface area contributed by atoms with Crippen LogP contribution in [0, 0.1) is 0 Å². The average Bonchev–Trinajstić information content (AvgIpc) is 2.69. The average molecular weight is 380 g/mol. The van der Waals surface area contributed by atoms with Gasteiger partial charge in [0.2, 0.25) is 5.91 Å². The van der Waals surface area contributed by atoms with Gasteiger partial charge in [-0.1, -0.05) is 41.9 Å². The molecule has 3 aromatic carbocycles. The Morgan fingerprint density at radius 2 is 1.41 bits per heavy atom. The maximum absolute atomic E-state index is 12.6. The highest BCUT2D eigenvalue weighted by atomic mass is 35.5. The number of hydrogen-bond acceptors (Lipinski definition) is 3. The lowest BCUT2D eigenvalue weighted by Gasteiger charge is -2.12. The second kappa shape index (κ2) is 8.87. The zero-order chi connectivity index (χ0) is 19.1. The quantitative estimate of drug-likeness (QED) is 0.584. The summed E-state index contributed by atoms with van der Waals surface area (Å²) < 4.78 is 0. The van der Waals surface area contributed by atoms with Crippen molar-refractivity contribution in [2.75, 3.05) is 22.5 Å². The summed E-state index contributed by atoms with van der Waals surface area (Å²) >= 11 is 5.86. The van der Waals surface area contributed by atoms with E-state index in [1.807, 2.05) is 30.3 Å². The van der Waals surface area contributed by atoms with Crippen LogP contribution in [0.3, 0.4) is 0 Å². The van der Waals surface area contributed by atoms with E-state index < -0.39 is 0 Å². The van der Waals surface area contributed by atoms with Crippen molar-refractivity contribution in [3.63, 3.8) is 0 Å². The molecule has 136 valence electrons. The standard InChI is InChI=1S/C21H18ClN3O2/c22-15-10-12-17(13-11-15)24-21(27)18-8-4-5-9-19(18)25-20(26)14-23-16-6-2-1-3-7-16/h1-13,23H,14H2,(H,24,27)(H,25,26). The molecule has 0 fully saturated rings. The van der Waals surface area contributed by atoms with E-state index in [-0.39, 0.29) is 18.4 Å². The van der Waals surface area contributed by atoms with Crippen molar-refractivity contribution in [3.8, 4) is 0 Å². The van der Waals surface area contributed by atoms with Gasteiger partial charge in [0.25, 0.3) is 5.91 Å². The van der Waals surface area contributed by atoms with Gasteiger partial charge in [-0.2, -0.15) is 0 Å². The van der Waals surface area contributed by atoms with Gasteiger partial charge in [0.1, 0.15) is 0 Å². The number of nitrogens with one attached hydrogen (secondary N) is 3. The third-order valence-electron chi connectivity index (χ3n) is 3.77. The van der Waals surface area contributed by atoms with Gasteiger partial charge in [-0.3, -0.25) is 9.59 Å². The lowest BCUT2D eigenvalue weighted by Crippen LogP contribution is -2.23. The minimum Gasteiger partial charge on any atom is -0.376 e. The first-order valence-electron chi connectivity index (χ1n) is 8.36. The van der Waals surface area contributed by atoms with Crippen LogP contribution in [-0.2, 0) is 4.79 Å². The first kappa shape index (κ1) is 18.5. The molecule has 3 N–H and O–H groups in total. The van der Waals surface area contributed by atoms with Crippen LogP contribution in [0.1, 0.15) is 10.4 Å². The Kier molecular flexibility index (Phi) is 6.07. The van der Waals surface area contributed by atoms with E-state index >= 15 is 0 Å². The first-order chi connectivity index (χ1) is 13.1. The molecule has 0 aromatic heterocycles. The van der Waals surface area contributed by atoms with E-state index in [4.69, 9.17) is 11.6 Å². The van der Waals surface area contributed by atoms with Gasteiger partial charge in [-0.05, 0) is 48.5 Å². The topological polar surface area (TPSA) is 70.2 Å². The minimum absolute atomic E-state index is 0.0944. The fraction of sp³-hybridized carbons (Fsp3) is 0.0476. The summed E-state index contributed by atoms with van der Waals surface area (Å²) in [6, 6.07) is 23.1. The zero-order valence-corrected chi connectivity index (χ0v) is 15.2. The monoisotopic (exact) mass is 379 g/mol. The van der Waals surface area contributed by atoms with Crippen molar-refractivity contribution >= 4 is 40.5 Å². The molecule has 6 heteroatoms. The molecule has 2 amide bonds. The van der Waals surface area contributed by atoms with Gasteiger partial charge < -0.3 is 16.0 Å². The number of halogens is 1. The fourth-order valence-electron chi connectivity index (χ4n) is 2.45. The van der Waals surface area contributed by atoms with Crippen LogP contribution in [0.5, 0.6) is 0 Å². The Balaban J connectivity index is 1.65. The maximum atomic E-state index is 12.6. The van der Waals surface area contributed by atoms with E-state index in [9.17, 15) is 9.59 Å². The van der Waals surface area contributed by atoms with Crippen molar-refractivity contribution in [3.05, 3.63) is 89.4 Å². The van der Waals surface area contributed by atoms with Gasteiger partial charge >= 0.3 is 0 Å². The first-order valence-corrected chi connectivity index (χ1v) is 8.74. The summed E-state index contributed by atoms with van der Waals surface area (Å²) in [4.78, 5) is 24.8. The van der Waals surface area contributed by atoms with Crippen LogP contribution in [0.15, 0.2) is 78.9 Å². The van der Waals surface area contributed by atoms with Crippen molar-refractivity contribution in [2.24, 2.45) is 0 Å². The number of benzene rings is 3.